The van der Waals surface area contributed by atoms with E-state index in [1.807, 2.05) is 42.5 Å². The summed E-state index contributed by atoms with van der Waals surface area (Å²) in [6, 6.07) is 16.7. The molecule has 3 rings (SSSR count). The largest absolute Gasteiger partial charge is 0.423 e. The van der Waals surface area contributed by atoms with Crippen molar-refractivity contribution in [2.45, 2.75) is 33.1 Å². The zero-order valence-corrected chi connectivity index (χ0v) is 16.6. The molecule has 0 bridgehead atoms. The number of rotatable bonds is 6. The van der Waals surface area contributed by atoms with E-state index in [-0.39, 0.29) is 5.97 Å². The number of hydrogen-bond acceptors (Lipinski definition) is 4. The third-order valence-electron chi connectivity index (χ3n) is 4.43. The Morgan fingerprint density at radius 3 is 2.22 bits per heavy atom. The van der Waals surface area contributed by atoms with Gasteiger partial charge in [0.25, 0.3) is 0 Å². The smallest absolute Gasteiger partial charge is 0.343 e. The van der Waals surface area contributed by atoms with E-state index in [2.05, 4.69) is 24.1 Å². The van der Waals surface area contributed by atoms with Crippen LogP contribution in [0.1, 0.15) is 42.6 Å². The minimum Gasteiger partial charge on any atom is -0.423 e. The number of nitrogens with one attached hydrogen (secondary N) is 1. The van der Waals surface area contributed by atoms with Gasteiger partial charge < -0.3 is 15.0 Å². The number of carbonyl (C=O) groups is 1. The topological polar surface area (TPSA) is 41.6 Å². The predicted octanol–water partition coefficient (Wildman–Crippen LogP) is 4.16. The van der Waals surface area contributed by atoms with E-state index in [1.54, 1.807) is 12.1 Å². The first kappa shape index (κ1) is 21.1. The summed E-state index contributed by atoms with van der Waals surface area (Å²) in [7, 11) is 0. The lowest BCUT2D eigenvalue weighted by Crippen LogP contribution is -2.43. The minimum absolute atomic E-state index is 0.321. The third-order valence-corrected chi connectivity index (χ3v) is 4.43. The molecule has 0 saturated carbocycles. The Hall–Kier alpha value is -2.17. The fourth-order valence-corrected chi connectivity index (χ4v) is 3.00. The molecule has 1 aliphatic rings. The van der Waals surface area contributed by atoms with Crippen molar-refractivity contribution in [2.75, 3.05) is 32.7 Å². The third kappa shape index (κ3) is 7.94. The molecule has 146 valence electrons. The van der Waals surface area contributed by atoms with E-state index in [0.717, 1.165) is 12.8 Å². The quantitative estimate of drug-likeness (QED) is 0.614. The van der Waals surface area contributed by atoms with Crippen molar-refractivity contribution >= 4 is 5.97 Å². The zero-order chi connectivity index (χ0) is 19.3. The summed E-state index contributed by atoms with van der Waals surface area (Å²) < 4.78 is 5.29. The van der Waals surface area contributed by atoms with E-state index in [9.17, 15) is 4.79 Å². The maximum atomic E-state index is 11.8. The summed E-state index contributed by atoms with van der Waals surface area (Å²) in [5, 5.41) is 3.33. The molecule has 1 saturated heterocycles. The fraction of sp³-hybridized carbons (Fsp3) is 0.435. The molecule has 1 fully saturated rings. The molecule has 2 aromatic rings. The Bertz CT molecular complexity index is 647. The monoisotopic (exact) mass is 368 g/mol. The van der Waals surface area contributed by atoms with Gasteiger partial charge in [-0.15, -0.1) is 0 Å². The molecule has 0 spiro atoms. The van der Waals surface area contributed by atoms with E-state index < -0.39 is 0 Å². The van der Waals surface area contributed by atoms with Crippen LogP contribution in [0, 0.1) is 0 Å². The number of aryl methyl sites for hydroxylation is 1. The maximum absolute atomic E-state index is 11.8. The zero-order valence-electron chi connectivity index (χ0n) is 16.6. The number of piperazine rings is 1. The number of carbonyl (C=O) groups excluding carboxylic acids is 1. The van der Waals surface area contributed by atoms with E-state index in [1.165, 1.54) is 44.7 Å². The standard InChI is InChI=1S/C16H16O2.C7H16N2/c1-2-6-13-9-11-15(12-10-13)18-16(17)14-7-4-3-5-8-14;1-2-5-9-6-3-8-4-7-9/h3-5,7-12H,2,6H2,1H3;8H,2-7H2,1H3. The number of esters is 1. The summed E-state index contributed by atoms with van der Waals surface area (Å²) >= 11 is 0. The lowest BCUT2D eigenvalue weighted by atomic mass is 10.1. The molecule has 0 atom stereocenters. The van der Waals surface area contributed by atoms with Crippen molar-refractivity contribution in [1.29, 1.82) is 0 Å². The first-order valence-electron chi connectivity index (χ1n) is 10.0. The lowest BCUT2D eigenvalue weighted by Gasteiger charge is -2.26. The molecule has 0 amide bonds. The van der Waals surface area contributed by atoms with Crippen molar-refractivity contribution in [2.24, 2.45) is 0 Å². The predicted molar refractivity (Wildman–Crippen MR) is 111 cm³/mol. The molecule has 27 heavy (non-hydrogen) atoms. The molecule has 4 nitrogen and oxygen atoms in total. The first-order chi connectivity index (χ1) is 13.2. The number of ether oxygens (including phenoxy) is 1. The van der Waals surface area contributed by atoms with Gasteiger partial charge in [0, 0.05) is 26.2 Å². The normalized spacial score (nSPS) is 14.1. The average Bonchev–Trinajstić information content (AvgIpc) is 2.72. The Labute approximate surface area is 163 Å². The van der Waals surface area contributed by atoms with Crippen molar-refractivity contribution in [3.63, 3.8) is 0 Å². The SMILES string of the molecule is CCCN1CCNCC1.CCCc1ccc(OC(=O)c2ccccc2)cc1. The second kappa shape index (κ2) is 12.3. The second-order valence-electron chi connectivity index (χ2n) is 6.74. The fourth-order valence-electron chi connectivity index (χ4n) is 3.00. The number of nitrogens with zero attached hydrogens (tertiary/aromatic N) is 1. The van der Waals surface area contributed by atoms with E-state index in [0.29, 0.717) is 11.3 Å². The van der Waals surface area contributed by atoms with Crippen LogP contribution in [0.5, 0.6) is 5.75 Å². The van der Waals surface area contributed by atoms with Crippen LogP contribution in [0.25, 0.3) is 0 Å². The summed E-state index contributed by atoms with van der Waals surface area (Å²) in [5.74, 6) is 0.266. The highest BCUT2D eigenvalue weighted by Crippen LogP contribution is 2.15. The van der Waals surface area contributed by atoms with Crippen LogP contribution < -0.4 is 10.1 Å². The molecule has 1 aliphatic heterocycles. The van der Waals surface area contributed by atoms with Gasteiger partial charge in [0.2, 0.25) is 0 Å². The van der Waals surface area contributed by atoms with Crippen LogP contribution in [0.4, 0.5) is 0 Å². The first-order valence-corrected chi connectivity index (χ1v) is 10.0. The highest BCUT2D eigenvalue weighted by molar-refractivity contribution is 5.90. The molecule has 0 aliphatic carbocycles. The van der Waals surface area contributed by atoms with Gasteiger partial charge in [0.15, 0.2) is 0 Å². The van der Waals surface area contributed by atoms with Crippen molar-refractivity contribution < 1.29 is 9.53 Å². The molecule has 1 heterocycles. The van der Waals surface area contributed by atoms with Gasteiger partial charge in [0.05, 0.1) is 5.56 Å². The molecule has 1 N–H and O–H groups in total. The van der Waals surface area contributed by atoms with Crippen molar-refractivity contribution in [1.82, 2.24) is 10.2 Å². The molecule has 2 aromatic carbocycles. The Kier molecular flexibility index (Phi) is 9.60. The van der Waals surface area contributed by atoms with Crippen LogP contribution >= 0.6 is 0 Å². The molecule has 0 aromatic heterocycles. The van der Waals surface area contributed by atoms with Gasteiger partial charge in [-0.1, -0.05) is 50.6 Å². The Morgan fingerprint density at radius 1 is 0.963 bits per heavy atom. The molecule has 0 unspecified atom stereocenters. The van der Waals surface area contributed by atoms with Crippen LogP contribution in [-0.4, -0.2) is 43.6 Å². The van der Waals surface area contributed by atoms with Gasteiger partial charge in [-0.2, -0.15) is 0 Å². The minimum atomic E-state index is -0.321. The number of hydrogen-bond donors (Lipinski definition) is 1. The van der Waals surface area contributed by atoms with Crippen LogP contribution in [0.15, 0.2) is 54.6 Å². The van der Waals surface area contributed by atoms with E-state index in [4.69, 9.17) is 4.74 Å². The highest BCUT2D eigenvalue weighted by Gasteiger charge is 2.07. The van der Waals surface area contributed by atoms with Crippen molar-refractivity contribution in [3.8, 4) is 5.75 Å². The van der Waals surface area contributed by atoms with Gasteiger partial charge in [-0.3, -0.25) is 0 Å². The van der Waals surface area contributed by atoms with E-state index >= 15 is 0 Å². The van der Waals surface area contributed by atoms with Crippen LogP contribution in [-0.2, 0) is 6.42 Å². The highest BCUT2D eigenvalue weighted by atomic mass is 16.5. The molecular formula is C23H32N2O2. The molecular weight excluding hydrogens is 336 g/mol. The number of benzene rings is 2. The maximum Gasteiger partial charge on any atom is 0.343 e. The van der Waals surface area contributed by atoms with Gasteiger partial charge in [-0.25, -0.2) is 4.79 Å². The summed E-state index contributed by atoms with van der Waals surface area (Å²) in [5.41, 5.74) is 1.83. The van der Waals surface area contributed by atoms with Crippen LogP contribution in [0.3, 0.4) is 0 Å². The second-order valence-corrected chi connectivity index (χ2v) is 6.74. The van der Waals surface area contributed by atoms with Crippen LogP contribution in [0.2, 0.25) is 0 Å². The van der Waals surface area contributed by atoms with Crippen molar-refractivity contribution in [3.05, 3.63) is 65.7 Å². The summed E-state index contributed by atoms with van der Waals surface area (Å²) in [6.45, 7) is 10.5. The van der Waals surface area contributed by atoms with Gasteiger partial charge in [-0.05, 0) is 49.2 Å². The van der Waals surface area contributed by atoms with Gasteiger partial charge >= 0.3 is 5.97 Å². The molecule has 0 radical (unpaired) electrons. The Morgan fingerprint density at radius 2 is 1.63 bits per heavy atom. The molecule has 4 heteroatoms. The Balaban J connectivity index is 0.000000244. The average molecular weight is 369 g/mol. The lowest BCUT2D eigenvalue weighted by molar-refractivity contribution is 0.0734. The summed E-state index contributed by atoms with van der Waals surface area (Å²) in [6.07, 6.45) is 3.45. The van der Waals surface area contributed by atoms with Gasteiger partial charge in [0.1, 0.15) is 5.75 Å². The summed E-state index contributed by atoms with van der Waals surface area (Å²) in [4.78, 5) is 14.3.